The van der Waals surface area contributed by atoms with E-state index < -0.39 is 48.3 Å². The van der Waals surface area contributed by atoms with E-state index in [1.54, 1.807) is 13.8 Å². The Morgan fingerprint density at radius 3 is 2.90 bits per heavy atom. The van der Waals surface area contributed by atoms with Crippen LogP contribution in [0.2, 0.25) is 0 Å². The molecule has 0 aromatic heterocycles. The summed E-state index contributed by atoms with van der Waals surface area (Å²) in [5.74, 6) is -0.892. The van der Waals surface area contributed by atoms with E-state index in [9.17, 15) is 9.90 Å². The van der Waals surface area contributed by atoms with Gasteiger partial charge in [0, 0.05) is 18.8 Å². The summed E-state index contributed by atoms with van der Waals surface area (Å²) in [6.07, 6.45) is -8.26. The van der Waals surface area contributed by atoms with Gasteiger partial charge in [0.2, 0.25) is 0 Å². The van der Waals surface area contributed by atoms with E-state index in [0.717, 1.165) is 0 Å². The van der Waals surface area contributed by atoms with Gasteiger partial charge in [-0.25, -0.2) is 0 Å². The molecule has 0 unspecified atom stereocenters. The number of rotatable bonds is 4. The molecular formula is C18H30O2. The van der Waals surface area contributed by atoms with Gasteiger partial charge in [0.1, 0.15) is 0 Å². The average molecular weight is 287 g/mol. The average Bonchev–Trinajstić information content (AvgIpc) is 2.52. The van der Waals surface area contributed by atoms with Crippen molar-refractivity contribution in [2.75, 3.05) is 0 Å². The summed E-state index contributed by atoms with van der Waals surface area (Å²) in [5.41, 5.74) is -1.71. The molecule has 1 N–H and O–H groups in total. The van der Waals surface area contributed by atoms with Gasteiger partial charge in [-0.3, -0.25) is 4.79 Å². The monoisotopic (exact) mass is 287 g/mol. The second-order valence-electron chi connectivity index (χ2n) is 6.81. The van der Waals surface area contributed by atoms with E-state index >= 15 is 0 Å². The van der Waals surface area contributed by atoms with Crippen molar-refractivity contribution in [1.29, 1.82) is 0 Å². The molecule has 2 aliphatic carbocycles. The smallest absolute Gasteiger partial charge is 0.158 e. The quantitative estimate of drug-likeness (QED) is 0.831. The standard InChI is InChI=1S/C18H30O2/c1-5-6-7-14-15-12-13(17(2,3)20)8-10-18(15,4)11-9-16(14)19/h13,20H,5-12H2,1-4H3/t13-,18-/m1/s1/i1D3,5D2,6D2,7D2. The van der Waals surface area contributed by atoms with Crippen molar-refractivity contribution >= 4 is 5.78 Å². The van der Waals surface area contributed by atoms with Crippen LogP contribution in [0.15, 0.2) is 11.1 Å². The van der Waals surface area contributed by atoms with E-state index in [1.165, 1.54) is 0 Å². The van der Waals surface area contributed by atoms with Gasteiger partial charge in [-0.05, 0) is 69.2 Å². The first-order valence-corrected chi connectivity index (χ1v) is 7.20. The Morgan fingerprint density at radius 1 is 1.50 bits per heavy atom. The zero-order valence-corrected chi connectivity index (χ0v) is 12.5. The Bertz CT molecular complexity index is 716. The topological polar surface area (TPSA) is 37.3 Å². The van der Waals surface area contributed by atoms with Crippen LogP contribution in [-0.2, 0) is 4.79 Å². The van der Waals surface area contributed by atoms with E-state index in [0.29, 0.717) is 24.8 Å². The second kappa shape index (κ2) is 5.63. The number of ketones is 1. The fraction of sp³-hybridized carbons (Fsp3) is 0.833. The van der Waals surface area contributed by atoms with Gasteiger partial charge < -0.3 is 5.11 Å². The maximum Gasteiger partial charge on any atom is 0.158 e. The van der Waals surface area contributed by atoms with Crippen LogP contribution in [0.3, 0.4) is 0 Å². The van der Waals surface area contributed by atoms with Crippen LogP contribution >= 0.6 is 0 Å². The Kier molecular flexibility index (Phi) is 2.13. The lowest BCUT2D eigenvalue weighted by atomic mass is 9.59. The second-order valence-corrected chi connectivity index (χ2v) is 6.81. The van der Waals surface area contributed by atoms with Crippen molar-refractivity contribution in [2.24, 2.45) is 11.3 Å². The van der Waals surface area contributed by atoms with E-state index in [1.807, 2.05) is 6.92 Å². The largest absolute Gasteiger partial charge is 0.390 e. The SMILES string of the molecule is [2H]C([2H])([2H])C([2H])([2H])C([2H])([2H])C([2H])([2H])C1=C2C[C@H](C(C)(C)O)CC[C@]2(C)CCC1=O. The number of hydrogen-bond donors (Lipinski definition) is 1. The number of Topliss-reactive ketones (excluding diaryl/α,β-unsaturated/α-hetero) is 1. The summed E-state index contributed by atoms with van der Waals surface area (Å²) in [5, 5.41) is 10.5. The summed E-state index contributed by atoms with van der Waals surface area (Å²) in [7, 11) is 0. The molecule has 0 radical (unpaired) electrons. The van der Waals surface area contributed by atoms with Gasteiger partial charge in [0.25, 0.3) is 0 Å². The lowest BCUT2D eigenvalue weighted by molar-refractivity contribution is -0.117. The van der Waals surface area contributed by atoms with Crippen molar-refractivity contribution in [3.63, 3.8) is 0 Å². The van der Waals surface area contributed by atoms with Crippen LogP contribution in [0.5, 0.6) is 0 Å². The van der Waals surface area contributed by atoms with Crippen molar-refractivity contribution in [3.05, 3.63) is 11.1 Å². The van der Waals surface area contributed by atoms with Crippen LogP contribution in [-0.4, -0.2) is 16.5 Å². The molecular weight excluding hydrogens is 248 g/mol. The number of carbonyl (C=O) groups is 1. The third-order valence-electron chi connectivity index (χ3n) is 4.96. The van der Waals surface area contributed by atoms with Crippen LogP contribution < -0.4 is 0 Å². The third kappa shape index (κ3) is 3.00. The van der Waals surface area contributed by atoms with E-state index in [-0.39, 0.29) is 18.8 Å². The van der Waals surface area contributed by atoms with Gasteiger partial charge >= 0.3 is 0 Å². The third-order valence-corrected chi connectivity index (χ3v) is 4.96. The molecule has 2 nitrogen and oxygen atoms in total. The maximum atomic E-state index is 12.8. The number of carbonyl (C=O) groups excluding carboxylic acids is 1. The van der Waals surface area contributed by atoms with Crippen molar-refractivity contribution in [1.82, 2.24) is 0 Å². The number of hydrogen-bond acceptors (Lipinski definition) is 2. The van der Waals surface area contributed by atoms with Crippen LogP contribution in [0.4, 0.5) is 0 Å². The van der Waals surface area contributed by atoms with E-state index in [4.69, 9.17) is 12.3 Å². The molecule has 0 saturated heterocycles. The normalized spacial score (nSPS) is 40.9. The molecule has 2 heteroatoms. The molecule has 0 bridgehead atoms. The Hall–Kier alpha value is -0.630. The van der Waals surface area contributed by atoms with Crippen LogP contribution in [0.25, 0.3) is 0 Å². The molecule has 2 rings (SSSR count). The molecule has 2 aliphatic rings. The van der Waals surface area contributed by atoms with Crippen LogP contribution in [0, 0.1) is 11.3 Å². The van der Waals surface area contributed by atoms with Crippen molar-refractivity contribution in [2.45, 2.75) is 84.4 Å². The molecule has 0 aromatic carbocycles. The Morgan fingerprint density at radius 2 is 2.25 bits per heavy atom. The molecule has 114 valence electrons. The van der Waals surface area contributed by atoms with Crippen LogP contribution in [0.1, 0.15) is 91.2 Å². The highest BCUT2D eigenvalue weighted by Crippen LogP contribution is 2.52. The Balaban J connectivity index is 2.71. The lowest BCUT2D eigenvalue weighted by Crippen LogP contribution is -2.40. The highest BCUT2D eigenvalue weighted by atomic mass is 16.3. The summed E-state index contributed by atoms with van der Waals surface area (Å²) in [6, 6.07) is 0. The molecule has 0 aromatic rings. The fourth-order valence-corrected chi connectivity index (χ4v) is 3.44. The van der Waals surface area contributed by atoms with Gasteiger partial charge in [-0.2, -0.15) is 0 Å². The molecule has 1 fully saturated rings. The number of allylic oxidation sites excluding steroid dienone is 2. The molecule has 0 heterocycles. The summed E-state index contributed by atoms with van der Waals surface area (Å²) >= 11 is 0. The van der Waals surface area contributed by atoms with Gasteiger partial charge in [0.15, 0.2) is 5.78 Å². The zero-order valence-electron chi connectivity index (χ0n) is 21.5. The minimum atomic E-state index is -3.52. The predicted octanol–water partition coefficient (Wildman–Crippen LogP) is 4.41. The lowest BCUT2D eigenvalue weighted by Gasteiger charge is -2.46. The van der Waals surface area contributed by atoms with Gasteiger partial charge in [-0.1, -0.05) is 25.7 Å². The van der Waals surface area contributed by atoms with E-state index in [2.05, 4.69) is 0 Å². The number of fused-ring (bicyclic) bond motifs is 1. The first-order valence-electron chi connectivity index (χ1n) is 11.7. The summed E-state index contributed by atoms with van der Waals surface area (Å²) in [4.78, 5) is 12.8. The minimum absolute atomic E-state index is 0.00508. The summed E-state index contributed by atoms with van der Waals surface area (Å²) < 4.78 is 71.2. The first kappa shape index (κ1) is 7.58. The molecule has 1 saturated carbocycles. The molecule has 2 atom stereocenters. The first-order chi connectivity index (χ1) is 12.7. The molecule has 0 amide bonds. The summed E-state index contributed by atoms with van der Waals surface area (Å²) in [6.45, 7) is 1.72. The Labute approximate surface area is 136 Å². The highest BCUT2D eigenvalue weighted by Gasteiger charge is 2.44. The fourth-order valence-electron chi connectivity index (χ4n) is 3.44. The zero-order chi connectivity index (χ0) is 22.8. The maximum absolute atomic E-state index is 12.8. The predicted molar refractivity (Wildman–Crippen MR) is 82.5 cm³/mol. The molecule has 20 heavy (non-hydrogen) atoms. The van der Waals surface area contributed by atoms with Gasteiger partial charge in [-0.15, -0.1) is 0 Å². The minimum Gasteiger partial charge on any atom is -0.390 e. The number of aliphatic hydroxyl groups is 1. The molecule has 0 spiro atoms. The van der Waals surface area contributed by atoms with Crippen molar-refractivity contribution < 1.29 is 22.2 Å². The van der Waals surface area contributed by atoms with Gasteiger partial charge in [0.05, 0.1) is 5.60 Å². The highest BCUT2D eigenvalue weighted by molar-refractivity contribution is 5.97. The molecule has 0 aliphatic heterocycles. The van der Waals surface area contributed by atoms with Crippen molar-refractivity contribution in [3.8, 4) is 0 Å².